The Hall–Kier alpha value is -3.88. The van der Waals surface area contributed by atoms with E-state index in [0.717, 1.165) is 5.56 Å². The number of imide groups is 1. The third-order valence-electron chi connectivity index (χ3n) is 5.86. The van der Waals surface area contributed by atoms with Gasteiger partial charge in [0.2, 0.25) is 17.7 Å². The highest BCUT2D eigenvalue weighted by molar-refractivity contribution is 6.16. The molecule has 3 rings (SSSR count). The van der Waals surface area contributed by atoms with Crippen LogP contribution in [-0.2, 0) is 19.2 Å². The smallest absolute Gasteiger partial charge is 0.253 e. The quantitative estimate of drug-likeness (QED) is 0.381. The van der Waals surface area contributed by atoms with Gasteiger partial charge in [0.25, 0.3) is 5.91 Å². The van der Waals surface area contributed by atoms with Gasteiger partial charge >= 0.3 is 0 Å². The number of nitrogens with zero attached hydrogens (tertiary/aromatic N) is 1. The number of carbonyl (C=O) groups is 5. The van der Waals surface area contributed by atoms with Gasteiger partial charge < -0.3 is 10.6 Å². The third-order valence-corrected chi connectivity index (χ3v) is 5.86. The highest BCUT2D eigenvalue weighted by atomic mass is 16.2. The highest BCUT2D eigenvalue weighted by Crippen LogP contribution is 2.24. The van der Waals surface area contributed by atoms with Crippen molar-refractivity contribution in [2.24, 2.45) is 17.8 Å². The minimum Gasteiger partial charge on any atom is -0.346 e. The van der Waals surface area contributed by atoms with Crippen molar-refractivity contribution in [2.45, 2.75) is 39.3 Å². The molecule has 9 nitrogen and oxygen atoms in total. The van der Waals surface area contributed by atoms with Crippen molar-refractivity contribution in [3.05, 3.63) is 66.0 Å². The Balaban J connectivity index is 1.75. The van der Waals surface area contributed by atoms with Crippen LogP contribution in [0, 0.1) is 17.8 Å². The van der Waals surface area contributed by atoms with Crippen molar-refractivity contribution in [2.75, 3.05) is 0 Å². The van der Waals surface area contributed by atoms with E-state index in [0.29, 0.717) is 5.56 Å². The van der Waals surface area contributed by atoms with Crippen molar-refractivity contribution in [3.8, 4) is 0 Å². The van der Waals surface area contributed by atoms with Gasteiger partial charge in [0.1, 0.15) is 5.92 Å². The van der Waals surface area contributed by atoms with Gasteiger partial charge in [0, 0.05) is 12.4 Å². The number of pyridine rings is 1. The molecule has 178 valence electrons. The van der Waals surface area contributed by atoms with Crippen molar-refractivity contribution >= 4 is 29.4 Å². The summed E-state index contributed by atoms with van der Waals surface area (Å²) in [6.45, 7) is 5.02. The fraction of sp³-hybridized carbons (Fsp3) is 0.360. The van der Waals surface area contributed by atoms with Gasteiger partial charge in [-0.1, -0.05) is 51.1 Å². The van der Waals surface area contributed by atoms with Gasteiger partial charge in [0.05, 0.1) is 30.0 Å². The summed E-state index contributed by atoms with van der Waals surface area (Å²) in [5.74, 6) is -4.76. The maximum absolute atomic E-state index is 13.1. The number of carbonyl (C=O) groups excluding carboxylic acids is 5. The lowest BCUT2D eigenvalue weighted by Gasteiger charge is -2.26. The Bertz CT molecular complexity index is 1070. The number of rotatable bonds is 9. The topological polar surface area (TPSA) is 134 Å². The second kappa shape index (κ2) is 10.8. The van der Waals surface area contributed by atoms with E-state index < -0.39 is 47.4 Å². The Labute approximate surface area is 197 Å². The lowest BCUT2D eigenvalue weighted by Crippen LogP contribution is -2.49. The minimum atomic E-state index is -1.14. The van der Waals surface area contributed by atoms with Crippen LogP contribution >= 0.6 is 0 Å². The van der Waals surface area contributed by atoms with Crippen LogP contribution in [0.2, 0.25) is 0 Å². The van der Waals surface area contributed by atoms with E-state index in [2.05, 4.69) is 20.9 Å². The second-order valence-corrected chi connectivity index (χ2v) is 8.69. The van der Waals surface area contributed by atoms with Gasteiger partial charge in [-0.15, -0.1) is 0 Å². The predicted octanol–water partition coefficient (Wildman–Crippen LogP) is 1.56. The number of aromatic nitrogens is 1. The number of hydrogen-bond donors (Lipinski definition) is 3. The van der Waals surface area contributed by atoms with Gasteiger partial charge in [-0.25, -0.2) is 0 Å². The zero-order chi connectivity index (χ0) is 24.8. The molecule has 0 spiro atoms. The van der Waals surface area contributed by atoms with E-state index in [1.54, 1.807) is 56.4 Å². The Morgan fingerprint density at radius 2 is 1.71 bits per heavy atom. The first-order valence-corrected chi connectivity index (χ1v) is 11.1. The summed E-state index contributed by atoms with van der Waals surface area (Å²) in [6, 6.07) is 10.7. The van der Waals surface area contributed by atoms with E-state index in [-0.39, 0.29) is 18.2 Å². The largest absolute Gasteiger partial charge is 0.346 e. The van der Waals surface area contributed by atoms with Crippen LogP contribution in [0.5, 0.6) is 0 Å². The van der Waals surface area contributed by atoms with Crippen LogP contribution in [0.25, 0.3) is 0 Å². The summed E-state index contributed by atoms with van der Waals surface area (Å²) in [5.41, 5.74) is 1.07. The van der Waals surface area contributed by atoms with Gasteiger partial charge in [-0.05, 0) is 23.6 Å². The fourth-order valence-corrected chi connectivity index (χ4v) is 3.92. The number of amides is 4. The Kier molecular flexibility index (Phi) is 7.88. The summed E-state index contributed by atoms with van der Waals surface area (Å²) >= 11 is 0. The molecule has 0 aliphatic carbocycles. The van der Waals surface area contributed by atoms with Gasteiger partial charge in [-0.3, -0.25) is 34.3 Å². The van der Waals surface area contributed by atoms with Crippen molar-refractivity contribution in [1.82, 2.24) is 20.9 Å². The molecule has 0 radical (unpaired) electrons. The average Bonchev–Trinajstić information content (AvgIpc) is 3.08. The molecular weight excluding hydrogens is 436 g/mol. The zero-order valence-electron chi connectivity index (χ0n) is 19.3. The van der Waals surface area contributed by atoms with Crippen molar-refractivity contribution in [3.63, 3.8) is 0 Å². The van der Waals surface area contributed by atoms with E-state index in [1.807, 2.05) is 6.07 Å². The van der Waals surface area contributed by atoms with Crippen molar-refractivity contribution in [1.29, 1.82) is 0 Å². The number of benzene rings is 1. The Morgan fingerprint density at radius 1 is 1.00 bits per heavy atom. The molecule has 1 aliphatic rings. The van der Waals surface area contributed by atoms with E-state index in [4.69, 9.17) is 0 Å². The van der Waals surface area contributed by atoms with Crippen LogP contribution in [-0.4, -0.2) is 40.4 Å². The van der Waals surface area contributed by atoms with E-state index in [1.165, 1.54) is 13.1 Å². The molecule has 0 unspecified atom stereocenters. The lowest BCUT2D eigenvalue weighted by atomic mass is 9.85. The highest BCUT2D eigenvalue weighted by Gasteiger charge is 2.46. The average molecular weight is 465 g/mol. The molecule has 1 aliphatic heterocycles. The molecule has 2 aromatic rings. The third kappa shape index (κ3) is 5.72. The molecule has 34 heavy (non-hydrogen) atoms. The van der Waals surface area contributed by atoms with E-state index in [9.17, 15) is 24.0 Å². The van der Waals surface area contributed by atoms with Gasteiger partial charge in [-0.2, -0.15) is 0 Å². The molecule has 4 atom stereocenters. The molecule has 1 fully saturated rings. The standard InChI is InChI=1S/C25H28N4O5/c1-14(2)21(22(31)20-15(3)23(32)29-25(20)34)28-19(30)12-18(16-8-5-4-6-9-16)27-24(33)17-10-7-11-26-13-17/h4-11,13-15,18,20-21H,12H2,1-3H3,(H,27,33)(H,28,30)(H,29,32,34)/t15-,18-,20+,21-/m0/s1. The maximum atomic E-state index is 13.1. The first-order valence-electron chi connectivity index (χ1n) is 11.1. The minimum absolute atomic E-state index is 0.127. The maximum Gasteiger partial charge on any atom is 0.253 e. The molecule has 1 aromatic heterocycles. The van der Waals surface area contributed by atoms with Crippen LogP contribution in [0.1, 0.15) is 49.2 Å². The molecule has 1 saturated heterocycles. The molecule has 0 bridgehead atoms. The number of nitrogens with one attached hydrogen (secondary N) is 3. The van der Waals surface area contributed by atoms with Gasteiger partial charge in [0.15, 0.2) is 5.78 Å². The summed E-state index contributed by atoms with van der Waals surface area (Å²) in [4.78, 5) is 66.7. The Morgan fingerprint density at radius 3 is 2.26 bits per heavy atom. The van der Waals surface area contributed by atoms with Crippen LogP contribution in [0.15, 0.2) is 54.9 Å². The van der Waals surface area contributed by atoms with E-state index >= 15 is 0 Å². The molecular formula is C25H28N4O5. The molecule has 2 heterocycles. The monoisotopic (exact) mass is 464 g/mol. The summed E-state index contributed by atoms with van der Waals surface area (Å²) in [5, 5.41) is 7.74. The molecule has 4 amide bonds. The summed E-state index contributed by atoms with van der Waals surface area (Å²) in [6.07, 6.45) is 2.86. The fourth-order valence-electron chi connectivity index (χ4n) is 3.92. The first-order chi connectivity index (χ1) is 16.2. The zero-order valence-corrected chi connectivity index (χ0v) is 19.3. The number of Topliss-reactive ketones (excluding diaryl/α,β-unsaturated/α-hetero) is 1. The normalized spacial score (nSPS) is 19.3. The second-order valence-electron chi connectivity index (χ2n) is 8.69. The van der Waals surface area contributed by atoms with Crippen LogP contribution in [0.3, 0.4) is 0 Å². The van der Waals surface area contributed by atoms with Crippen LogP contribution < -0.4 is 16.0 Å². The lowest BCUT2D eigenvalue weighted by molar-refractivity contribution is -0.137. The molecule has 0 saturated carbocycles. The molecule has 9 heteroatoms. The number of hydrogen-bond acceptors (Lipinski definition) is 6. The summed E-state index contributed by atoms with van der Waals surface area (Å²) in [7, 11) is 0. The SMILES string of the molecule is CC(C)[C@H](NC(=O)C[C@H](NC(=O)c1cccnc1)c1ccccc1)C(=O)[C@@H]1C(=O)NC(=O)[C@H]1C. The molecule has 3 N–H and O–H groups in total. The molecule has 1 aromatic carbocycles. The summed E-state index contributed by atoms with van der Waals surface area (Å²) < 4.78 is 0. The van der Waals surface area contributed by atoms with Crippen molar-refractivity contribution < 1.29 is 24.0 Å². The number of ketones is 1. The predicted molar refractivity (Wildman–Crippen MR) is 123 cm³/mol. The van der Waals surface area contributed by atoms with Crippen LogP contribution in [0.4, 0.5) is 0 Å². The first kappa shape index (κ1) is 24.8.